The van der Waals surface area contributed by atoms with E-state index in [0.29, 0.717) is 25.3 Å². The van der Waals surface area contributed by atoms with Crippen molar-refractivity contribution >= 4 is 17.4 Å². The van der Waals surface area contributed by atoms with Gasteiger partial charge >= 0.3 is 0 Å². The Morgan fingerprint density at radius 2 is 1.83 bits per heavy atom. The molecule has 6 nitrogen and oxygen atoms in total. The number of hydrogen-bond donors (Lipinski definition) is 2. The van der Waals surface area contributed by atoms with Gasteiger partial charge in [0.1, 0.15) is 11.6 Å². The van der Waals surface area contributed by atoms with E-state index in [1.165, 1.54) is 0 Å². The molecule has 0 aliphatic carbocycles. The Bertz CT molecular complexity index is 968. The van der Waals surface area contributed by atoms with Crippen molar-refractivity contribution in [1.82, 2.24) is 4.98 Å². The van der Waals surface area contributed by atoms with Gasteiger partial charge in [-0.05, 0) is 41.8 Å². The van der Waals surface area contributed by atoms with Crippen LogP contribution in [-0.2, 0) is 11.2 Å². The van der Waals surface area contributed by atoms with Gasteiger partial charge in [0.15, 0.2) is 0 Å². The van der Waals surface area contributed by atoms with Gasteiger partial charge in [-0.2, -0.15) is 0 Å². The van der Waals surface area contributed by atoms with E-state index >= 15 is 0 Å². The van der Waals surface area contributed by atoms with Crippen LogP contribution in [0.25, 0.3) is 0 Å². The van der Waals surface area contributed by atoms with E-state index in [0.717, 1.165) is 30.0 Å². The van der Waals surface area contributed by atoms with Crippen molar-refractivity contribution < 1.29 is 14.6 Å². The molecule has 2 aromatic carbocycles. The fraction of sp³-hybridized carbons (Fsp3) is 0.217. The van der Waals surface area contributed by atoms with Crippen LogP contribution in [0.15, 0.2) is 66.9 Å². The molecule has 0 spiro atoms. The highest BCUT2D eigenvalue weighted by Gasteiger charge is 2.15. The Morgan fingerprint density at radius 1 is 1.03 bits per heavy atom. The molecule has 29 heavy (non-hydrogen) atoms. The van der Waals surface area contributed by atoms with Crippen molar-refractivity contribution in [2.24, 2.45) is 0 Å². The lowest BCUT2D eigenvalue weighted by Gasteiger charge is -2.27. The summed E-state index contributed by atoms with van der Waals surface area (Å²) in [5.41, 5.74) is 2.93. The largest absolute Gasteiger partial charge is 0.507 e. The van der Waals surface area contributed by atoms with E-state index in [4.69, 9.17) is 4.74 Å². The van der Waals surface area contributed by atoms with E-state index in [-0.39, 0.29) is 17.2 Å². The minimum absolute atomic E-state index is 0.0443. The van der Waals surface area contributed by atoms with Gasteiger partial charge < -0.3 is 20.1 Å². The number of rotatable bonds is 5. The molecule has 2 N–H and O–H groups in total. The minimum atomic E-state index is -0.363. The van der Waals surface area contributed by atoms with Crippen molar-refractivity contribution in [1.29, 1.82) is 0 Å². The fourth-order valence-electron chi connectivity index (χ4n) is 3.34. The van der Waals surface area contributed by atoms with Crippen molar-refractivity contribution in [2.75, 3.05) is 36.5 Å². The summed E-state index contributed by atoms with van der Waals surface area (Å²) in [5, 5.41) is 13.0. The maximum Gasteiger partial charge on any atom is 0.259 e. The second-order valence-electron chi connectivity index (χ2n) is 6.97. The third-order valence-corrected chi connectivity index (χ3v) is 4.90. The highest BCUT2D eigenvalue weighted by atomic mass is 16.5. The van der Waals surface area contributed by atoms with E-state index < -0.39 is 0 Å². The van der Waals surface area contributed by atoms with Crippen LogP contribution in [0.2, 0.25) is 0 Å². The van der Waals surface area contributed by atoms with Crippen molar-refractivity contribution in [2.45, 2.75) is 6.42 Å². The van der Waals surface area contributed by atoms with Crippen molar-refractivity contribution in [3.63, 3.8) is 0 Å². The summed E-state index contributed by atoms with van der Waals surface area (Å²) in [5.74, 6) is 0.453. The number of nitrogens with one attached hydrogen (secondary N) is 1. The normalized spacial score (nSPS) is 13.9. The molecule has 0 radical (unpaired) electrons. The van der Waals surface area contributed by atoms with Crippen LogP contribution in [0.4, 0.5) is 11.5 Å². The molecule has 148 valence electrons. The van der Waals surface area contributed by atoms with Gasteiger partial charge in [0.05, 0.1) is 30.7 Å². The number of nitrogens with zero attached hydrogens (tertiary/aromatic N) is 2. The second-order valence-corrected chi connectivity index (χ2v) is 6.97. The summed E-state index contributed by atoms with van der Waals surface area (Å²) in [7, 11) is 0. The number of morpholine rings is 1. The Morgan fingerprint density at radius 3 is 2.55 bits per heavy atom. The summed E-state index contributed by atoms with van der Waals surface area (Å²) < 4.78 is 5.35. The quantitative estimate of drug-likeness (QED) is 0.699. The van der Waals surface area contributed by atoms with Gasteiger partial charge in [-0.1, -0.05) is 36.4 Å². The first-order valence-electron chi connectivity index (χ1n) is 9.65. The predicted molar refractivity (Wildman–Crippen MR) is 113 cm³/mol. The van der Waals surface area contributed by atoms with E-state index in [1.807, 2.05) is 48.5 Å². The molecule has 0 bridgehead atoms. The summed E-state index contributed by atoms with van der Waals surface area (Å²) in [4.78, 5) is 19.3. The molecule has 3 aromatic rings. The minimum Gasteiger partial charge on any atom is -0.507 e. The summed E-state index contributed by atoms with van der Waals surface area (Å²) in [6.07, 6.45) is 2.32. The molecule has 2 heterocycles. The number of phenolic OH excluding ortho intramolecular Hbond substituents is 1. The lowest BCUT2D eigenvalue weighted by Crippen LogP contribution is -2.36. The SMILES string of the molecule is O=C(Nc1ccc(N2CCOCC2)nc1)c1cc(Cc2ccccc2)ccc1O. The second kappa shape index (κ2) is 8.75. The molecule has 0 atom stereocenters. The number of benzene rings is 2. The van der Waals surface area contributed by atoms with Crippen LogP contribution < -0.4 is 10.2 Å². The van der Waals surface area contributed by atoms with Crippen molar-refractivity contribution in [3.05, 3.63) is 83.6 Å². The molecule has 1 amide bonds. The lowest BCUT2D eigenvalue weighted by molar-refractivity contribution is 0.102. The molecule has 4 rings (SSSR count). The maximum absolute atomic E-state index is 12.7. The molecule has 6 heteroatoms. The van der Waals surface area contributed by atoms with Crippen LogP contribution in [0.1, 0.15) is 21.5 Å². The van der Waals surface area contributed by atoms with Gasteiger partial charge in [0.25, 0.3) is 5.91 Å². The average molecular weight is 389 g/mol. The molecule has 1 saturated heterocycles. The zero-order chi connectivity index (χ0) is 20.1. The monoisotopic (exact) mass is 389 g/mol. The number of aromatic hydroxyl groups is 1. The van der Waals surface area contributed by atoms with Gasteiger partial charge in [0, 0.05) is 13.1 Å². The maximum atomic E-state index is 12.7. The van der Waals surface area contributed by atoms with Gasteiger partial charge in [-0.15, -0.1) is 0 Å². The average Bonchev–Trinajstić information content (AvgIpc) is 2.77. The number of ether oxygens (including phenoxy) is 1. The molecule has 1 aliphatic heterocycles. The number of aromatic nitrogens is 1. The number of carbonyl (C=O) groups excluding carboxylic acids is 1. The first-order valence-corrected chi connectivity index (χ1v) is 9.65. The number of phenols is 1. The third kappa shape index (κ3) is 4.73. The van der Waals surface area contributed by atoms with E-state index in [1.54, 1.807) is 18.3 Å². The highest BCUT2D eigenvalue weighted by molar-refractivity contribution is 6.06. The molecule has 1 fully saturated rings. The zero-order valence-electron chi connectivity index (χ0n) is 16.0. The van der Waals surface area contributed by atoms with Crippen molar-refractivity contribution in [3.8, 4) is 5.75 Å². The van der Waals surface area contributed by atoms with Crippen LogP contribution in [0.5, 0.6) is 5.75 Å². The summed E-state index contributed by atoms with van der Waals surface area (Å²) >= 11 is 0. The molecule has 0 saturated carbocycles. The summed E-state index contributed by atoms with van der Waals surface area (Å²) in [6, 6.07) is 18.8. The first-order chi connectivity index (χ1) is 14.2. The number of pyridine rings is 1. The highest BCUT2D eigenvalue weighted by Crippen LogP contribution is 2.22. The van der Waals surface area contributed by atoms with Crippen LogP contribution in [0, 0.1) is 0 Å². The topological polar surface area (TPSA) is 74.7 Å². The molecule has 1 aromatic heterocycles. The van der Waals surface area contributed by atoms with Gasteiger partial charge in [-0.3, -0.25) is 4.79 Å². The predicted octanol–water partition coefficient (Wildman–Crippen LogP) is 3.47. The van der Waals surface area contributed by atoms with Crippen LogP contribution in [0.3, 0.4) is 0 Å². The number of hydrogen-bond acceptors (Lipinski definition) is 5. The van der Waals surface area contributed by atoms with Gasteiger partial charge in [-0.25, -0.2) is 4.98 Å². The lowest BCUT2D eigenvalue weighted by atomic mass is 10.0. The Balaban J connectivity index is 1.45. The van der Waals surface area contributed by atoms with Crippen LogP contribution >= 0.6 is 0 Å². The standard InChI is InChI=1S/C23H23N3O3/c27-21-8-6-18(14-17-4-2-1-3-5-17)15-20(21)23(28)25-19-7-9-22(24-16-19)26-10-12-29-13-11-26/h1-9,15-16,27H,10-14H2,(H,25,28). The summed E-state index contributed by atoms with van der Waals surface area (Å²) in [6.45, 7) is 3.00. The van der Waals surface area contributed by atoms with E-state index in [2.05, 4.69) is 15.2 Å². The number of carbonyl (C=O) groups is 1. The molecular formula is C23H23N3O3. The molecular weight excluding hydrogens is 366 g/mol. The fourth-order valence-corrected chi connectivity index (χ4v) is 3.34. The molecule has 0 unspecified atom stereocenters. The Hall–Kier alpha value is -3.38. The third-order valence-electron chi connectivity index (χ3n) is 4.90. The Kier molecular flexibility index (Phi) is 5.72. The number of anilines is 2. The van der Waals surface area contributed by atoms with Crippen LogP contribution in [-0.4, -0.2) is 42.3 Å². The first kappa shape index (κ1) is 19.0. The van der Waals surface area contributed by atoms with E-state index in [9.17, 15) is 9.90 Å². The number of amides is 1. The Labute approximate surface area is 169 Å². The molecule has 1 aliphatic rings. The zero-order valence-corrected chi connectivity index (χ0v) is 16.0. The smallest absolute Gasteiger partial charge is 0.259 e. The van der Waals surface area contributed by atoms with Gasteiger partial charge in [0.2, 0.25) is 0 Å².